The normalized spacial score (nSPS) is 13.1. The topological polar surface area (TPSA) is 32.8 Å². The van der Waals surface area contributed by atoms with Crippen LogP contribution in [0.5, 0.6) is 0 Å². The van der Waals surface area contributed by atoms with Gasteiger partial charge in [-0.1, -0.05) is 140 Å². The highest BCUT2D eigenvalue weighted by atomic mass is 16.5. The fourth-order valence-corrected chi connectivity index (χ4v) is 6.10. The summed E-state index contributed by atoms with van der Waals surface area (Å²) in [7, 11) is 4.19. The molecular formula is C44H82N2O2. The second kappa shape index (κ2) is 38.2. The maximum absolute atomic E-state index is 13.0. The van der Waals surface area contributed by atoms with Crippen molar-refractivity contribution in [1.29, 1.82) is 0 Å². The molecule has 0 bridgehead atoms. The molecule has 0 N–H and O–H groups in total. The minimum absolute atomic E-state index is 0.0283. The Morgan fingerprint density at radius 3 is 1.25 bits per heavy atom. The van der Waals surface area contributed by atoms with Gasteiger partial charge in [0.05, 0.1) is 6.61 Å². The van der Waals surface area contributed by atoms with E-state index in [2.05, 4.69) is 86.4 Å². The van der Waals surface area contributed by atoms with Gasteiger partial charge in [-0.05, 0) is 124 Å². The number of hydrogen-bond acceptors (Lipinski definition) is 4. The molecule has 0 aromatic carbocycles. The lowest BCUT2D eigenvalue weighted by Crippen LogP contribution is -2.45. The molecule has 0 aromatic heterocycles. The molecule has 0 radical (unpaired) electrons. The second-order valence-corrected chi connectivity index (χ2v) is 14.1. The molecule has 1 atom stereocenters. The van der Waals surface area contributed by atoms with E-state index < -0.39 is 0 Å². The summed E-state index contributed by atoms with van der Waals surface area (Å²) in [5, 5.41) is 0. The number of carbonyl (C=O) groups excluding carboxylic acids is 1. The molecule has 0 saturated carbocycles. The van der Waals surface area contributed by atoms with Gasteiger partial charge in [0.25, 0.3) is 0 Å². The number of hydrogen-bond donors (Lipinski definition) is 0. The van der Waals surface area contributed by atoms with Crippen LogP contribution >= 0.6 is 0 Å². The van der Waals surface area contributed by atoms with Crippen LogP contribution < -0.4 is 0 Å². The molecule has 0 aliphatic carbocycles. The van der Waals surface area contributed by atoms with E-state index in [0.717, 1.165) is 38.9 Å². The van der Waals surface area contributed by atoms with Crippen molar-refractivity contribution in [2.45, 2.75) is 187 Å². The van der Waals surface area contributed by atoms with Gasteiger partial charge < -0.3 is 9.64 Å². The van der Waals surface area contributed by atoms with Crippen molar-refractivity contribution in [3.05, 3.63) is 48.6 Å². The predicted molar refractivity (Wildman–Crippen MR) is 214 cm³/mol. The zero-order valence-electron chi connectivity index (χ0n) is 32.9. The lowest BCUT2D eigenvalue weighted by Gasteiger charge is -2.31. The molecule has 0 heterocycles. The van der Waals surface area contributed by atoms with Gasteiger partial charge >= 0.3 is 5.97 Å². The number of nitrogens with zero attached hydrogens (tertiary/aromatic N) is 2. The quantitative estimate of drug-likeness (QED) is 0.0377. The first kappa shape index (κ1) is 46.4. The van der Waals surface area contributed by atoms with Crippen molar-refractivity contribution >= 4 is 5.97 Å². The molecule has 4 heteroatoms. The zero-order valence-corrected chi connectivity index (χ0v) is 32.9. The third-order valence-corrected chi connectivity index (χ3v) is 9.14. The number of esters is 1. The second-order valence-electron chi connectivity index (χ2n) is 14.1. The van der Waals surface area contributed by atoms with E-state index >= 15 is 0 Å². The van der Waals surface area contributed by atoms with Gasteiger partial charge in [-0.2, -0.15) is 0 Å². The molecule has 0 spiro atoms. The first-order chi connectivity index (χ1) is 23.6. The number of allylic oxidation sites excluding steroid dienone is 8. The summed E-state index contributed by atoms with van der Waals surface area (Å²) in [5.41, 5.74) is 0. The molecule has 0 aliphatic rings. The molecule has 1 unspecified atom stereocenters. The average Bonchev–Trinajstić information content (AvgIpc) is 3.07. The minimum atomic E-state index is -0.122. The Morgan fingerprint density at radius 1 is 0.500 bits per heavy atom. The fourth-order valence-electron chi connectivity index (χ4n) is 6.10. The average molecular weight is 671 g/mol. The number of carbonyl (C=O) groups is 1. The van der Waals surface area contributed by atoms with Crippen molar-refractivity contribution in [3.63, 3.8) is 0 Å². The zero-order chi connectivity index (χ0) is 35.2. The van der Waals surface area contributed by atoms with Gasteiger partial charge in [0.1, 0.15) is 6.04 Å². The fraction of sp³-hybridized carbons (Fsp3) is 0.795. The van der Waals surface area contributed by atoms with Crippen LogP contribution in [0.15, 0.2) is 48.6 Å². The SMILES string of the molecule is CCCCC/C=C\C/C=C\CCCCCCCCN(CCCCCCCC/C=C\C/C=C\CCCCC)C(CCN(C)C)C(=O)OCC. The highest BCUT2D eigenvalue weighted by Crippen LogP contribution is 2.16. The van der Waals surface area contributed by atoms with Crippen LogP contribution in [0.1, 0.15) is 181 Å². The van der Waals surface area contributed by atoms with Crippen LogP contribution in [0.25, 0.3) is 0 Å². The Bertz CT molecular complexity index is 737. The van der Waals surface area contributed by atoms with Gasteiger partial charge in [0.2, 0.25) is 0 Å². The van der Waals surface area contributed by atoms with Gasteiger partial charge in [0.15, 0.2) is 0 Å². The Labute approximate surface area is 300 Å². The highest BCUT2D eigenvalue weighted by Gasteiger charge is 2.26. The van der Waals surface area contributed by atoms with Crippen molar-refractivity contribution in [2.75, 3.05) is 40.3 Å². The molecule has 0 rings (SSSR count). The molecule has 0 aliphatic heterocycles. The van der Waals surface area contributed by atoms with Crippen LogP contribution in [0.3, 0.4) is 0 Å². The maximum atomic E-state index is 13.0. The summed E-state index contributed by atoms with van der Waals surface area (Å²) in [4.78, 5) is 17.7. The monoisotopic (exact) mass is 671 g/mol. The summed E-state index contributed by atoms with van der Waals surface area (Å²) in [6, 6.07) is -0.122. The van der Waals surface area contributed by atoms with Crippen LogP contribution in [0, 0.1) is 0 Å². The summed E-state index contributed by atoms with van der Waals surface area (Å²) in [6.45, 7) is 9.83. The highest BCUT2D eigenvalue weighted by molar-refractivity contribution is 5.75. The molecule has 280 valence electrons. The first-order valence-corrected chi connectivity index (χ1v) is 20.7. The Balaban J connectivity index is 4.35. The van der Waals surface area contributed by atoms with Crippen molar-refractivity contribution in [2.24, 2.45) is 0 Å². The summed E-state index contributed by atoms with van der Waals surface area (Å²) < 4.78 is 5.57. The third-order valence-electron chi connectivity index (χ3n) is 9.14. The van der Waals surface area contributed by atoms with Crippen molar-refractivity contribution < 1.29 is 9.53 Å². The first-order valence-electron chi connectivity index (χ1n) is 20.7. The lowest BCUT2D eigenvalue weighted by atomic mass is 10.1. The van der Waals surface area contributed by atoms with E-state index in [0.29, 0.717) is 6.61 Å². The minimum Gasteiger partial charge on any atom is -0.465 e. The molecule has 0 saturated heterocycles. The maximum Gasteiger partial charge on any atom is 0.323 e. The molecular weight excluding hydrogens is 588 g/mol. The van der Waals surface area contributed by atoms with E-state index in [9.17, 15) is 4.79 Å². The molecule has 0 amide bonds. The molecule has 0 aromatic rings. The molecule has 48 heavy (non-hydrogen) atoms. The van der Waals surface area contributed by atoms with Crippen LogP contribution in [0.2, 0.25) is 0 Å². The smallest absolute Gasteiger partial charge is 0.323 e. The van der Waals surface area contributed by atoms with Gasteiger partial charge in [-0.25, -0.2) is 0 Å². The van der Waals surface area contributed by atoms with Gasteiger partial charge in [-0.3, -0.25) is 9.69 Å². The van der Waals surface area contributed by atoms with Crippen LogP contribution in [0.4, 0.5) is 0 Å². The van der Waals surface area contributed by atoms with Gasteiger partial charge in [0, 0.05) is 0 Å². The largest absolute Gasteiger partial charge is 0.465 e. The summed E-state index contributed by atoms with van der Waals surface area (Å²) >= 11 is 0. The number of ether oxygens (including phenoxy) is 1. The van der Waals surface area contributed by atoms with Gasteiger partial charge in [-0.15, -0.1) is 0 Å². The van der Waals surface area contributed by atoms with E-state index in [4.69, 9.17) is 4.74 Å². The Kier molecular flexibility index (Phi) is 36.8. The summed E-state index contributed by atoms with van der Waals surface area (Å²) in [5.74, 6) is -0.0283. The van der Waals surface area contributed by atoms with Crippen molar-refractivity contribution in [1.82, 2.24) is 9.80 Å². The van der Waals surface area contributed by atoms with E-state index in [1.807, 2.05) is 6.92 Å². The van der Waals surface area contributed by atoms with Crippen LogP contribution in [-0.2, 0) is 9.53 Å². The number of rotatable bonds is 36. The Hall–Kier alpha value is -1.65. The molecule has 4 nitrogen and oxygen atoms in total. The Morgan fingerprint density at radius 2 is 0.875 bits per heavy atom. The van der Waals surface area contributed by atoms with Crippen molar-refractivity contribution in [3.8, 4) is 0 Å². The summed E-state index contributed by atoms with van der Waals surface area (Å²) in [6.07, 6.45) is 49.9. The van der Waals surface area contributed by atoms with E-state index in [1.165, 1.54) is 141 Å². The lowest BCUT2D eigenvalue weighted by molar-refractivity contribution is -0.150. The molecule has 0 fully saturated rings. The third kappa shape index (κ3) is 32.9. The standard InChI is InChI=1S/C44H82N2O2/c1-6-9-11-13-15-17-19-21-23-25-27-29-31-33-35-37-40-46(43(39-42-45(4)5)44(47)48-8-3)41-38-36-34-32-30-28-26-24-22-20-18-16-14-12-10-7-2/h15-18,21-24,43H,6-14,19-20,25-42H2,1-5H3/b17-15-,18-16-,23-21-,24-22-. The van der Waals surface area contributed by atoms with E-state index in [-0.39, 0.29) is 12.0 Å². The van der Waals surface area contributed by atoms with E-state index in [1.54, 1.807) is 0 Å². The predicted octanol–water partition coefficient (Wildman–Crippen LogP) is 12.8. The number of unbranched alkanes of at least 4 members (excludes halogenated alkanes) is 18. The van der Waals surface area contributed by atoms with Crippen LogP contribution in [-0.4, -0.2) is 62.1 Å².